The molecular weight excluding hydrogens is 274 g/mol. The number of carbonyl (C=O) groups excluding carboxylic acids is 2. The molecule has 0 radical (unpaired) electrons. The van der Waals surface area contributed by atoms with Crippen LogP contribution in [0.25, 0.3) is 0 Å². The van der Waals surface area contributed by atoms with Crippen LogP contribution < -0.4 is 5.32 Å². The minimum absolute atomic E-state index is 0.00984. The highest BCUT2D eigenvalue weighted by Gasteiger charge is 2.50. The van der Waals surface area contributed by atoms with Gasteiger partial charge in [-0.3, -0.25) is 14.6 Å². The highest BCUT2D eigenvalue weighted by atomic mass is 16.3. The summed E-state index contributed by atoms with van der Waals surface area (Å²) in [6.45, 7) is 1.60. The third kappa shape index (κ3) is 3.53. The number of hydrogen-bond acceptors (Lipinski definition) is 5. The number of nitrogens with zero attached hydrogens (tertiary/aromatic N) is 2. The molecule has 1 aliphatic carbocycles. The first-order valence-corrected chi connectivity index (χ1v) is 7.71. The smallest absolute Gasteiger partial charge is 0.325 e. The summed E-state index contributed by atoms with van der Waals surface area (Å²) < 4.78 is 0. The number of hydrogen-bond donors (Lipinski definition) is 3. The highest BCUT2D eigenvalue weighted by Crippen LogP contribution is 2.33. The third-order valence-corrected chi connectivity index (χ3v) is 4.43. The zero-order chi connectivity index (χ0) is 15.3. The summed E-state index contributed by atoms with van der Waals surface area (Å²) in [5, 5.41) is 20.8. The van der Waals surface area contributed by atoms with Gasteiger partial charge >= 0.3 is 6.03 Å². The van der Waals surface area contributed by atoms with Crippen molar-refractivity contribution in [3.8, 4) is 0 Å². The van der Waals surface area contributed by atoms with E-state index in [9.17, 15) is 9.59 Å². The predicted octanol–water partition coefficient (Wildman–Crippen LogP) is -0.472. The number of rotatable bonds is 7. The average Bonchev–Trinajstić information content (AvgIpc) is 2.69. The van der Waals surface area contributed by atoms with E-state index in [1.165, 1.54) is 4.90 Å². The molecule has 3 N–H and O–H groups in total. The fraction of sp³-hybridized carbons (Fsp3) is 0.857. The maximum Gasteiger partial charge on any atom is 0.325 e. The van der Waals surface area contributed by atoms with Gasteiger partial charge in [0.15, 0.2) is 0 Å². The molecule has 2 aliphatic rings. The van der Waals surface area contributed by atoms with Gasteiger partial charge in [-0.25, -0.2) is 4.79 Å². The second kappa shape index (κ2) is 7.20. The van der Waals surface area contributed by atoms with E-state index in [1.807, 2.05) is 4.90 Å². The lowest BCUT2D eigenvalue weighted by Crippen LogP contribution is -2.48. The van der Waals surface area contributed by atoms with E-state index in [2.05, 4.69) is 5.32 Å². The molecule has 1 saturated heterocycles. The summed E-state index contributed by atoms with van der Waals surface area (Å²) in [7, 11) is 0. The molecule has 0 bridgehead atoms. The first-order chi connectivity index (χ1) is 10.1. The van der Waals surface area contributed by atoms with Crippen molar-refractivity contribution in [2.24, 2.45) is 0 Å². The van der Waals surface area contributed by atoms with Gasteiger partial charge in [-0.2, -0.15) is 0 Å². The molecule has 0 aromatic rings. The van der Waals surface area contributed by atoms with Crippen LogP contribution in [0, 0.1) is 0 Å². The number of imide groups is 1. The minimum atomic E-state index is -0.672. The fourth-order valence-corrected chi connectivity index (χ4v) is 3.23. The number of aliphatic hydroxyl groups excluding tert-OH is 2. The molecule has 0 aromatic heterocycles. The molecule has 3 amide bonds. The lowest BCUT2D eigenvalue weighted by Gasteiger charge is -2.30. The SMILES string of the molecule is O=C1NC2(CCCCC2)C(=O)N1CCN(CCO)CCO. The Kier molecular flexibility index (Phi) is 5.55. The number of aliphatic hydroxyl groups is 2. The third-order valence-electron chi connectivity index (χ3n) is 4.43. The number of carbonyl (C=O) groups is 2. The summed E-state index contributed by atoms with van der Waals surface area (Å²) in [5.41, 5.74) is -0.672. The molecule has 21 heavy (non-hydrogen) atoms. The summed E-state index contributed by atoms with van der Waals surface area (Å²) in [6, 6.07) is -0.310. The zero-order valence-electron chi connectivity index (χ0n) is 12.4. The Balaban J connectivity index is 1.93. The lowest BCUT2D eigenvalue weighted by molar-refractivity contribution is -0.132. The van der Waals surface area contributed by atoms with Gasteiger partial charge < -0.3 is 15.5 Å². The van der Waals surface area contributed by atoms with Crippen molar-refractivity contribution in [1.82, 2.24) is 15.1 Å². The van der Waals surface area contributed by atoms with Gasteiger partial charge in [0, 0.05) is 26.2 Å². The first-order valence-electron chi connectivity index (χ1n) is 7.71. The van der Waals surface area contributed by atoms with Gasteiger partial charge in [-0.1, -0.05) is 19.3 Å². The summed E-state index contributed by atoms with van der Waals surface area (Å²) >= 11 is 0. The van der Waals surface area contributed by atoms with Gasteiger partial charge in [0.2, 0.25) is 0 Å². The normalized spacial score (nSPS) is 21.4. The molecule has 1 spiro atoms. The number of nitrogens with one attached hydrogen (secondary N) is 1. The Morgan fingerprint density at radius 3 is 2.24 bits per heavy atom. The van der Waals surface area contributed by atoms with Crippen LogP contribution in [-0.4, -0.2) is 76.9 Å². The van der Waals surface area contributed by atoms with E-state index in [0.29, 0.717) is 26.2 Å². The molecule has 1 saturated carbocycles. The minimum Gasteiger partial charge on any atom is -0.395 e. The molecule has 2 rings (SSSR count). The van der Waals surface area contributed by atoms with Crippen molar-refractivity contribution >= 4 is 11.9 Å². The van der Waals surface area contributed by atoms with Crippen LogP contribution in [0.1, 0.15) is 32.1 Å². The van der Waals surface area contributed by atoms with Crippen molar-refractivity contribution in [2.75, 3.05) is 39.4 Å². The van der Waals surface area contributed by atoms with Gasteiger partial charge in [0.1, 0.15) is 5.54 Å². The van der Waals surface area contributed by atoms with Crippen LogP contribution in [0.3, 0.4) is 0 Å². The van der Waals surface area contributed by atoms with Crippen LogP contribution in [0.2, 0.25) is 0 Å². The Morgan fingerprint density at radius 1 is 1.05 bits per heavy atom. The van der Waals surface area contributed by atoms with Crippen molar-refractivity contribution < 1.29 is 19.8 Å². The Bertz CT molecular complexity index is 376. The second-order valence-electron chi connectivity index (χ2n) is 5.82. The molecule has 1 aliphatic heterocycles. The van der Waals surface area contributed by atoms with E-state index in [-0.39, 0.29) is 25.2 Å². The second-order valence-corrected chi connectivity index (χ2v) is 5.82. The topological polar surface area (TPSA) is 93.1 Å². The number of urea groups is 1. The maximum atomic E-state index is 12.5. The molecular formula is C14H25N3O4. The van der Waals surface area contributed by atoms with Gasteiger partial charge in [-0.05, 0) is 12.8 Å². The van der Waals surface area contributed by atoms with Crippen LogP contribution in [0.4, 0.5) is 4.79 Å². The van der Waals surface area contributed by atoms with Crippen LogP contribution in [0.15, 0.2) is 0 Å². The molecule has 7 heteroatoms. The Morgan fingerprint density at radius 2 is 1.67 bits per heavy atom. The first kappa shape index (κ1) is 16.2. The molecule has 0 aromatic carbocycles. The summed E-state index contributed by atoms with van der Waals surface area (Å²) in [4.78, 5) is 27.7. The predicted molar refractivity (Wildman–Crippen MR) is 76.7 cm³/mol. The van der Waals surface area contributed by atoms with Gasteiger partial charge in [0.05, 0.1) is 13.2 Å². The van der Waals surface area contributed by atoms with Crippen LogP contribution in [0.5, 0.6) is 0 Å². The van der Waals surface area contributed by atoms with E-state index < -0.39 is 5.54 Å². The Labute approximate surface area is 124 Å². The molecule has 0 atom stereocenters. The molecule has 7 nitrogen and oxygen atoms in total. The largest absolute Gasteiger partial charge is 0.395 e. The maximum absolute atomic E-state index is 12.5. The lowest BCUT2D eigenvalue weighted by atomic mass is 9.82. The number of amides is 3. The average molecular weight is 299 g/mol. The van der Waals surface area contributed by atoms with E-state index in [4.69, 9.17) is 10.2 Å². The molecule has 2 fully saturated rings. The zero-order valence-corrected chi connectivity index (χ0v) is 12.4. The highest BCUT2D eigenvalue weighted by molar-refractivity contribution is 6.07. The van der Waals surface area contributed by atoms with Crippen molar-refractivity contribution in [1.29, 1.82) is 0 Å². The van der Waals surface area contributed by atoms with Crippen molar-refractivity contribution in [3.05, 3.63) is 0 Å². The van der Waals surface area contributed by atoms with E-state index in [0.717, 1.165) is 32.1 Å². The quantitative estimate of drug-likeness (QED) is 0.553. The molecule has 0 unspecified atom stereocenters. The molecule has 1 heterocycles. The van der Waals surface area contributed by atoms with Gasteiger partial charge in [0.25, 0.3) is 5.91 Å². The summed E-state index contributed by atoms with van der Waals surface area (Å²) in [5.74, 6) is -0.111. The monoisotopic (exact) mass is 299 g/mol. The van der Waals surface area contributed by atoms with Crippen molar-refractivity contribution in [2.45, 2.75) is 37.6 Å². The van der Waals surface area contributed by atoms with Crippen LogP contribution >= 0.6 is 0 Å². The standard InChI is InChI=1S/C14H25N3O4/c18-10-8-16(9-11-19)6-7-17-12(20)14(15-13(17)21)4-2-1-3-5-14/h18-19H,1-11H2,(H,15,21). The van der Waals surface area contributed by atoms with Crippen molar-refractivity contribution in [3.63, 3.8) is 0 Å². The summed E-state index contributed by atoms with van der Waals surface area (Å²) in [6.07, 6.45) is 4.52. The van der Waals surface area contributed by atoms with E-state index in [1.54, 1.807) is 0 Å². The molecule has 120 valence electrons. The van der Waals surface area contributed by atoms with Gasteiger partial charge in [-0.15, -0.1) is 0 Å². The fourth-order valence-electron chi connectivity index (χ4n) is 3.23. The van der Waals surface area contributed by atoms with Crippen LogP contribution in [-0.2, 0) is 4.79 Å². The Hall–Kier alpha value is -1.18. The van der Waals surface area contributed by atoms with E-state index >= 15 is 0 Å².